The molecule has 1 amide bonds. The number of aromatic hydroxyl groups is 1. The van der Waals surface area contributed by atoms with E-state index >= 15 is 0 Å². The van der Waals surface area contributed by atoms with Gasteiger partial charge in [-0.1, -0.05) is 30.3 Å². The van der Waals surface area contributed by atoms with Crippen molar-refractivity contribution in [3.05, 3.63) is 65.0 Å². The van der Waals surface area contributed by atoms with Crippen LogP contribution in [0.3, 0.4) is 0 Å². The molecular weight excluding hydrogens is 281 g/mol. The number of hydrogen-bond donors (Lipinski definition) is 2. The number of benzene rings is 2. The first-order valence-corrected chi connectivity index (χ1v) is 6.54. The fraction of sp³-hybridized carbons (Fsp3) is 0.133. The third kappa shape index (κ3) is 3.27. The Morgan fingerprint density at radius 3 is 2.40 bits per heavy atom. The number of carbonyl (C=O) groups excluding carboxylic acids is 1. The van der Waals surface area contributed by atoms with Gasteiger partial charge in [0.05, 0.1) is 0 Å². The lowest BCUT2D eigenvalue weighted by molar-refractivity contribution is 0.0944. The van der Waals surface area contributed by atoms with Crippen LogP contribution in [0.4, 0.5) is 4.39 Å². The van der Waals surface area contributed by atoms with Crippen molar-refractivity contribution in [1.82, 2.24) is 5.32 Å². The molecule has 0 aliphatic rings. The van der Waals surface area contributed by atoms with E-state index in [0.29, 0.717) is 5.88 Å². The second-order valence-electron chi connectivity index (χ2n) is 4.27. The molecule has 104 valence electrons. The number of rotatable bonds is 4. The van der Waals surface area contributed by atoms with Gasteiger partial charge in [-0.15, -0.1) is 11.6 Å². The number of phenolic OH excluding ortho intramolecular Hbond substituents is 1. The molecule has 5 heteroatoms. The van der Waals surface area contributed by atoms with Crippen LogP contribution in [0.1, 0.15) is 21.5 Å². The predicted molar refractivity (Wildman–Crippen MR) is 75.2 cm³/mol. The normalized spacial score (nSPS) is 10.3. The van der Waals surface area contributed by atoms with Crippen molar-refractivity contribution in [2.75, 3.05) is 0 Å². The second kappa shape index (κ2) is 6.39. The molecule has 0 atom stereocenters. The number of phenols is 1. The van der Waals surface area contributed by atoms with Crippen LogP contribution < -0.4 is 5.32 Å². The first kappa shape index (κ1) is 14.3. The minimum absolute atomic E-state index is 0.245. The van der Waals surface area contributed by atoms with Crippen LogP contribution in [0.5, 0.6) is 5.75 Å². The minimum atomic E-state index is -0.750. The molecule has 0 heterocycles. The van der Waals surface area contributed by atoms with E-state index < -0.39 is 11.7 Å². The number of nitrogens with one attached hydrogen (secondary N) is 1. The van der Waals surface area contributed by atoms with Gasteiger partial charge in [0, 0.05) is 12.4 Å². The highest BCUT2D eigenvalue weighted by Gasteiger charge is 2.15. The monoisotopic (exact) mass is 293 g/mol. The molecule has 0 aliphatic heterocycles. The summed E-state index contributed by atoms with van der Waals surface area (Å²) in [7, 11) is 0. The molecule has 0 fully saturated rings. The van der Waals surface area contributed by atoms with Crippen molar-refractivity contribution in [3.63, 3.8) is 0 Å². The Morgan fingerprint density at radius 2 is 1.80 bits per heavy atom. The Kier molecular flexibility index (Phi) is 4.58. The predicted octanol–water partition coefficient (Wildman–Crippen LogP) is 3.20. The fourth-order valence-electron chi connectivity index (χ4n) is 1.75. The molecule has 0 spiro atoms. The molecule has 3 nitrogen and oxygen atoms in total. The molecule has 0 saturated heterocycles. The molecule has 2 aromatic carbocycles. The smallest absolute Gasteiger partial charge is 0.258 e. The summed E-state index contributed by atoms with van der Waals surface area (Å²) >= 11 is 5.68. The average Bonchev–Trinajstić information content (AvgIpc) is 2.45. The van der Waals surface area contributed by atoms with Gasteiger partial charge in [0.25, 0.3) is 5.91 Å². The Balaban J connectivity index is 2.05. The Bertz CT molecular complexity index is 594. The largest absolute Gasteiger partial charge is 0.507 e. The van der Waals surface area contributed by atoms with Crippen molar-refractivity contribution in [2.24, 2.45) is 0 Å². The van der Waals surface area contributed by atoms with E-state index in [9.17, 15) is 14.3 Å². The van der Waals surface area contributed by atoms with Gasteiger partial charge in [-0.2, -0.15) is 0 Å². The second-order valence-corrected chi connectivity index (χ2v) is 4.53. The summed E-state index contributed by atoms with van der Waals surface area (Å²) in [6, 6.07) is 11.1. The summed E-state index contributed by atoms with van der Waals surface area (Å²) in [5.41, 5.74) is 1.50. The van der Waals surface area contributed by atoms with Gasteiger partial charge in [0.2, 0.25) is 0 Å². The molecule has 0 unspecified atom stereocenters. The zero-order chi connectivity index (χ0) is 14.5. The van der Waals surface area contributed by atoms with Crippen molar-refractivity contribution in [1.29, 1.82) is 0 Å². The highest BCUT2D eigenvalue weighted by molar-refractivity contribution is 6.17. The summed E-state index contributed by atoms with van der Waals surface area (Å²) in [5.74, 6) is -1.35. The Labute approximate surface area is 121 Å². The number of halogens is 2. The third-order valence-electron chi connectivity index (χ3n) is 2.85. The topological polar surface area (TPSA) is 49.3 Å². The van der Waals surface area contributed by atoms with E-state index in [1.165, 1.54) is 12.1 Å². The fourth-order valence-corrected chi connectivity index (χ4v) is 1.93. The molecule has 2 N–H and O–H groups in total. The number of hydrogen-bond acceptors (Lipinski definition) is 2. The van der Waals surface area contributed by atoms with Crippen molar-refractivity contribution >= 4 is 17.5 Å². The molecule has 0 radical (unpaired) electrons. The lowest BCUT2D eigenvalue weighted by Gasteiger charge is -2.08. The summed E-state index contributed by atoms with van der Waals surface area (Å²) in [4.78, 5) is 11.9. The first-order valence-electron chi connectivity index (χ1n) is 6.01. The van der Waals surface area contributed by atoms with E-state index in [0.717, 1.165) is 17.2 Å². The molecule has 0 bridgehead atoms. The van der Waals surface area contributed by atoms with Gasteiger partial charge in [-0.3, -0.25) is 4.79 Å². The maximum atomic E-state index is 13.5. The van der Waals surface area contributed by atoms with Crippen molar-refractivity contribution in [2.45, 2.75) is 12.4 Å². The van der Waals surface area contributed by atoms with Gasteiger partial charge in [0.15, 0.2) is 0 Å². The van der Waals surface area contributed by atoms with Crippen molar-refractivity contribution < 1.29 is 14.3 Å². The SMILES string of the molecule is O=C(NCc1ccc(CCl)cc1)c1c(O)cccc1F. The van der Waals surface area contributed by atoms with E-state index in [4.69, 9.17) is 11.6 Å². The van der Waals surface area contributed by atoms with E-state index in [-0.39, 0.29) is 17.9 Å². The number of amides is 1. The van der Waals surface area contributed by atoms with Gasteiger partial charge in [-0.25, -0.2) is 4.39 Å². The van der Waals surface area contributed by atoms with Crippen LogP contribution in [0, 0.1) is 5.82 Å². The molecule has 2 rings (SSSR count). The Morgan fingerprint density at radius 1 is 1.15 bits per heavy atom. The van der Waals surface area contributed by atoms with Crippen molar-refractivity contribution in [3.8, 4) is 5.75 Å². The summed E-state index contributed by atoms with van der Waals surface area (Å²) in [6.07, 6.45) is 0. The maximum Gasteiger partial charge on any atom is 0.258 e. The summed E-state index contributed by atoms with van der Waals surface area (Å²) in [6.45, 7) is 0.245. The van der Waals surface area contributed by atoms with Crippen LogP contribution >= 0.6 is 11.6 Å². The van der Waals surface area contributed by atoms with E-state index in [2.05, 4.69) is 5.32 Å². The maximum absolute atomic E-state index is 13.5. The average molecular weight is 294 g/mol. The van der Waals surface area contributed by atoms with Crippen LogP contribution in [0.25, 0.3) is 0 Å². The molecular formula is C15H13ClFNO2. The third-order valence-corrected chi connectivity index (χ3v) is 3.16. The standard InChI is InChI=1S/C15H13ClFNO2/c16-8-10-4-6-11(7-5-10)9-18-15(20)14-12(17)2-1-3-13(14)19/h1-7,19H,8-9H2,(H,18,20). The highest BCUT2D eigenvalue weighted by Crippen LogP contribution is 2.19. The summed E-state index contributed by atoms with van der Waals surface area (Å²) in [5, 5.41) is 12.1. The van der Waals surface area contributed by atoms with Gasteiger partial charge in [-0.05, 0) is 23.3 Å². The molecule has 0 aromatic heterocycles. The quantitative estimate of drug-likeness (QED) is 0.851. The van der Waals surface area contributed by atoms with Crippen LogP contribution in [-0.2, 0) is 12.4 Å². The lowest BCUT2D eigenvalue weighted by atomic mass is 10.1. The zero-order valence-corrected chi connectivity index (χ0v) is 11.3. The van der Waals surface area contributed by atoms with Gasteiger partial charge >= 0.3 is 0 Å². The zero-order valence-electron chi connectivity index (χ0n) is 10.6. The highest BCUT2D eigenvalue weighted by atomic mass is 35.5. The molecule has 2 aromatic rings. The number of alkyl halides is 1. The van der Waals surface area contributed by atoms with Gasteiger partial charge < -0.3 is 10.4 Å². The molecule has 0 saturated carbocycles. The molecule has 20 heavy (non-hydrogen) atoms. The lowest BCUT2D eigenvalue weighted by Crippen LogP contribution is -2.23. The minimum Gasteiger partial charge on any atom is -0.507 e. The van der Waals surface area contributed by atoms with Gasteiger partial charge in [0.1, 0.15) is 17.1 Å². The first-order chi connectivity index (χ1) is 9.61. The summed E-state index contributed by atoms with van der Waals surface area (Å²) < 4.78 is 13.5. The molecule has 0 aliphatic carbocycles. The van der Waals surface area contributed by atoms with Crippen LogP contribution in [0.15, 0.2) is 42.5 Å². The van der Waals surface area contributed by atoms with Crippen LogP contribution in [-0.4, -0.2) is 11.0 Å². The van der Waals surface area contributed by atoms with E-state index in [1.54, 1.807) is 0 Å². The number of carbonyl (C=O) groups is 1. The Hall–Kier alpha value is -2.07. The van der Waals surface area contributed by atoms with E-state index in [1.807, 2.05) is 24.3 Å². The van der Waals surface area contributed by atoms with Crippen LogP contribution in [0.2, 0.25) is 0 Å².